The fraction of sp³-hybridized carbons (Fsp3) is 0.415. The third-order valence-corrected chi connectivity index (χ3v) is 10.7. The largest absolute Gasteiger partial charge is 0.507 e. The Morgan fingerprint density at radius 1 is 1.05 bits per heavy atom. The number of benzene rings is 2. The average molecular weight is 798 g/mol. The van der Waals surface area contributed by atoms with Gasteiger partial charge in [-0.3, -0.25) is 24.1 Å². The Morgan fingerprint density at radius 3 is 2.35 bits per heavy atom. The number of allylic oxidation sites excluding steroid dienone is 1. The number of hydrogen-bond donors (Lipinski definition) is 5. The number of piperazine rings is 1. The number of likely N-dealkylation sites (tertiary alicyclic amines) is 1. The van der Waals surface area contributed by atoms with Crippen LogP contribution in [0.3, 0.4) is 0 Å². The number of nitrogen functional groups attached to an aromatic ring is 1. The molecule has 2 aliphatic rings. The zero-order chi connectivity index (χ0) is 41.4. The molecule has 2 aliphatic heterocycles. The van der Waals surface area contributed by atoms with Crippen LogP contribution in [0.1, 0.15) is 52.2 Å². The molecule has 2 saturated heterocycles. The second-order valence-corrected chi connectivity index (χ2v) is 16.1. The number of esters is 1. The first kappa shape index (κ1) is 42.4. The van der Waals surface area contributed by atoms with Gasteiger partial charge >= 0.3 is 5.97 Å². The number of anilines is 2. The number of hydrogen-bond acceptors (Lipinski definition) is 13. The predicted molar refractivity (Wildman–Crippen MR) is 221 cm³/mol. The molecule has 0 saturated carbocycles. The molecule has 3 heterocycles. The molecule has 302 valence electrons. The van der Waals surface area contributed by atoms with Crippen LogP contribution in [0.5, 0.6) is 5.75 Å². The maximum absolute atomic E-state index is 14.3. The van der Waals surface area contributed by atoms with Gasteiger partial charge in [-0.15, -0.1) is 16.6 Å². The molecule has 0 spiro atoms. The van der Waals surface area contributed by atoms with E-state index in [4.69, 9.17) is 22.6 Å². The van der Waals surface area contributed by atoms with Crippen LogP contribution in [0.2, 0.25) is 0 Å². The summed E-state index contributed by atoms with van der Waals surface area (Å²) in [6.07, 6.45) is 4.90. The van der Waals surface area contributed by atoms with E-state index < -0.39 is 41.4 Å². The molecule has 0 radical (unpaired) electrons. The molecule has 0 bridgehead atoms. The van der Waals surface area contributed by atoms with Gasteiger partial charge in [0.05, 0.1) is 24.5 Å². The zero-order valence-corrected chi connectivity index (χ0v) is 33.8. The Hall–Kier alpha value is -5.79. The lowest BCUT2D eigenvalue weighted by Crippen LogP contribution is -2.59. The highest BCUT2D eigenvalue weighted by Gasteiger charge is 2.46. The first-order valence-corrected chi connectivity index (χ1v) is 19.5. The van der Waals surface area contributed by atoms with E-state index in [2.05, 4.69) is 31.0 Å². The van der Waals surface area contributed by atoms with Gasteiger partial charge in [0.15, 0.2) is 5.82 Å². The van der Waals surface area contributed by atoms with Crippen molar-refractivity contribution in [1.29, 1.82) is 0 Å². The molecule has 15 nitrogen and oxygen atoms in total. The molecule has 0 aliphatic carbocycles. The fourth-order valence-electron chi connectivity index (χ4n) is 6.95. The van der Waals surface area contributed by atoms with Crippen molar-refractivity contribution in [2.24, 2.45) is 11.1 Å². The number of aromatic nitrogens is 2. The normalized spacial score (nSPS) is 18.2. The standard InChI is InChI=1S/C41H51N9O6S/c1-7-57-36(25(2)42)28-14-12-27(13-15-28)22-44-39(54)33-20-29(56-26(3)51)23-50(33)40(55)37(41(4,5)6)45-35(53)24-48-16-18-49(19-17-48)32-21-31(46-47-38(32)43)30-10-8-9-11-34(30)52/h1,8-15,21,29,33,37,52H,16-20,22-24,42H2,2-6H3,(H2,43,47)(H,44,54)(H,45,53)/b36-25-/t29-,33+,37-/m1/s1. The van der Waals surface area contributed by atoms with Crippen molar-refractivity contribution in [3.05, 3.63) is 71.4 Å². The summed E-state index contributed by atoms with van der Waals surface area (Å²) in [6.45, 7) is 11.0. The van der Waals surface area contributed by atoms with Crippen LogP contribution in [0.25, 0.3) is 16.2 Å². The van der Waals surface area contributed by atoms with E-state index >= 15 is 0 Å². The number of amides is 3. The topological polar surface area (TPSA) is 209 Å². The summed E-state index contributed by atoms with van der Waals surface area (Å²) in [5.74, 6) is -1.36. The second kappa shape index (κ2) is 18.4. The molecule has 3 atom stereocenters. The Balaban J connectivity index is 1.22. The van der Waals surface area contributed by atoms with Crippen molar-refractivity contribution in [1.82, 2.24) is 30.6 Å². The SMILES string of the molecule is C#CS/C(=C(/C)N)c1ccc(CNC(=O)[C@@H]2C[C@@H](OC(C)=O)CN2C(=O)[C@@H](NC(=O)CN2CCN(c3cc(-c4ccccc4O)nnc3N)CC2)C(C)(C)C)cc1. The van der Waals surface area contributed by atoms with Crippen LogP contribution >= 0.6 is 11.8 Å². The number of nitrogens with two attached hydrogens (primary N) is 2. The second-order valence-electron chi connectivity index (χ2n) is 15.3. The third kappa shape index (κ3) is 10.7. The van der Waals surface area contributed by atoms with Gasteiger partial charge in [0.2, 0.25) is 17.7 Å². The van der Waals surface area contributed by atoms with Crippen LogP contribution in [0.4, 0.5) is 11.5 Å². The maximum Gasteiger partial charge on any atom is 0.302 e. The molecule has 0 unspecified atom stereocenters. The summed E-state index contributed by atoms with van der Waals surface area (Å²) in [7, 11) is 0. The van der Waals surface area contributed by atoms with Crippen molar-refractivity contribution >= 4 is 51.9 Å². The molecular weight excluding hydrogens is 747 g/mol. The van der Waals surface area contributed by atoms with Crippen molar-refractivity contribution < 1.29 is 29.0 Å². The van der Waals surface area contributed by atoms with E-state index in [0.717, 1.165) is 16.0 Å². The minimum absolute atomic E-state index is 0.00853. The average Bonchev–Trinajstić information content (AvgIpc) is 3.58. The Morgan fingerprint density at radius 2 is 1.74 bits per heavy atom. The summed E-state index contributed by atoms with van der Waals surface area (Å²) in [6, 6.07) is 14.2. The van der Waals surface area contributed by atoms with Crippen molar-refractivity contribution in [3.63, 3.8) is 0 Å². The minimum atomic E-state index is -0.977. The van der Waals surface area contributed by atoms with Gasteiger partial charge in [-0.05, 0) is 58.7 Å². The first-order valence-electron chi connectivity index (χ1n) is 18.7. The maximum atomic E-state index is 14.3. The van der Waals surface area contributed by atoms with Crippen LogP contribution < -0.4 is 27.0 Å². The lowest BCUT2D eigenvalue weighted by molar-refractivity contribution is -0.147. The van der Waals surface area contributed by atoms with E-state index in [1.165, 1.54) is 23.6 Å². The molecule has 2 fully saturated rings. The Kier molecular flexibility index (Phi) is 13.7. The fourth-order valence-corrected chi connectivity index (χ4v) is 7.49. The van der Waals surface area contributed by atoms with E-state index in [0.29, 0.717) is 48.8 Å². The van der Waals surface area contributed by atoms with Crippen molar-refractivity contribution in [2.45, 2.75) is 65.8 Å². The monoisotopic (exact) mass is 797 g/mol. The number of para-hydroxylation sites is 1. The molecule has 7 N–H and O–H groups in total. The van der Waals surface area contributed by atoms with E-state index in [1.54, 1.807) is 37.3 Å². The predicted octanol–water partition coefficient (Wildman–Crippen LogP) is 2.90. The Bertz CT molecular complexity index is 2030. The van der Waals surface area contributed by atoms with Crippen LogP contribution in [0, 0.1) is 17.1 Å². The number of phenolic OH excluding ortho intramolecular Hbond substituents is 1. The lowest BCUT2D eigenvalue weighted by Gasteiger charge is -2.37. The van der Waals surface area contributed by atoms with Crippen molar-refractivity contribution in [2.75, 3.05) is 49.9 Å². The molecule has 57 heavy (non-hydrogen) atoms. The number of ether oxygens (including phenoxy) is 1. The van der Waals surface area contributed by atoms with E-state index in [-0.39, 0.29) is 43.5 Å². The number of carbonyl (C=O) groups excluding carboxylic acids is 4. The Labute approximate surface area is 337 Å². The molecule has 1 aromatic heterocycles. The summed E-state index contributed by atoms with van der Waals surface area (Å²) < 4.78 is 5.47. The van der Waals surface area contributed by atoms with Gasteiger partial charge in [0, 0.05) is 62.2 Å². The summed E-state index contributed by atoms with van der Waals surface area (Å²) >= 11 is 1.20. The molecule has 3 amide bonds. The molecule has 16 heteroatoms. The van der Waals surface area contributed by atoms with Gasteiger partial charge in [-0.2, -0.15) is 0 Å². The summed E-state index contributed by atoms with van der Waals surface area (Å²) in [5.41, 5.74) is 15.5. The summed E-state index contributed by atoms with van der Waals surface area (Å²) in [4.78, 5) is 59.8. The van der Waals surface area contributed by atoms with Gasteiger partial charge in [-0.25, -0.2) is 0 Å². The number of phenols is 1. The van der Waals surface area contributed by atoms with Gasteiger partial charge in [0.1, 0.15) is 23.9 Å². The number of rotatable bonds is 12. The highest BCUT2D eigenvalue weighted by atomic mass is 32.2. The number of terminal acetylenes is 1. The molecule has 3 aromatic rings. The van der Waals surface area contributed by atoms with Gasteiger partial charge < -0.3 is 41.7 Å². The summed E-state index contributed by atoms with van der Waals surface area (Å²) in [5, 5.41) is 27.0. The highest BCUT2D eigenvalue weighted by Crippen LogP contribution is 2.32. The van der Waals surface area contributed by atoms with E-state index in [9.17, 15) is 24.3 Å². The van der Waals surface area contributed by atoms with Crippen LogP contribution in [0.15, 0.2) is 60.3 Å². The third-order valence-electron chi connectivity index (χ3n) is 9.86. The molecule has 5 rings (SSSR count). The van der Waals surface area contributed by atoms with E-state index in [1.807, 2.05) is 49.9 Å². The molecular formula is C41H51N9O6S. The van der Waals surface area contributed by atoms with Crippen molar-refractivity contribution in [3.8, 4) is 28.7 Å². The number of carbonyl (C=O) groups is 4. The minimum Gasteiger partial charge on any atom is -0.507 e. The smallest absolute Gasteiger partial charge is 0.302 e. The lowest BCUT2D eigenvalue weighted by atomic mass is 9.85. The number of nitrogens with one attached hydrogen (secondary N) is 2. The highest BCUT2D eigenvalue weighted by molar-refractivity contribution is 8.12. The van der Waals surface area contributed by atoms with Crippen LogP contribution in [-0.2, 0) is 30.5 Å². The van der Waals surface area contributed by atoms with Gasteiger partial charge in [0.25, 0.3) is 0 Å². The first-order chi connectivity index (χ1) is 27.0. The van der Waals surface area contributed by atoms with Crippen LogP contribution in [-0.4, -0.2) is 106 Å². The number of thioether (sulfide) groups is 1. The zero-order valence-electron chi connectivity index (χ0n) is 32.9. The number of nitrogens with zero attached hydrogens (tertiary/aromatic N) is 5. The number of aromatic hydroxyl groups is 1. The molecule has 2 aromatic carbocycles. The van der Waals surface area contributed by atoms with Gasteiger partial charge in [-0.1, -0.05) is 57.2 Å². The quantitative estimate of drug-likeness (QED) is 0.132.